The molecule has 4 nitrogen and oxygen atoms in total. The van der Waals surface area contributed by atoms with Gasteiger partial charge in [-0.2, -0.15) is 0 Å². The van der Waals surface area contributed by atoms with Gasteiger partial charge in [0.1, 0.15) is 0 Å². The molecule has 2 atom stereocenters. The van der Waals surface area contributed by atoms with Crippen LogP contribution in [0.1, 0.15) is 25.7 Å². The molecule has 1 amide bonds. The Kier molecular flexibility index (Phi) is 4.27. The van der Waals surface area contributed by atoms with Gasteiger partial charge in [0.25, 0.3) is 0 Å². The average molecular weight is 197 g/mol. The minimum atomic E-state index is -0.547. The van der Waals surface area contributed by atoms with Gasteiger partial charge in [-0.1, -0.05) is 18.8 Å². The van der Waals surface area contributed by atoms with Gasteiger partial charge in [0.15, 0.2) is 6.61 Å². The molecule has 78 valence electrons. The van der Waals surface area contributed by atoms with E-state index in [0.29, 0.717) is 0 Å². The second kappa shape index (κ2) is 5.51. The molecule has 0 aromatic carbocycles. The molecule has 0 aromatic rings. The molecule has 0 aromatic heterocycles. The largest absolute Gasteiger partial charge is 0.436 e. The number of carbonyl (C=O) groups excluding carboxylic acids is 1. The zero-order valence-electron chi connectivity index (χ0n) is 8.03. The zero-order valence-corrected chi connectivity index (χ0v) is 8.03. The lowest BCUT2D eigenvalue weighted by Gasteiger charge is -2.27. The molecular formula is C10H15NO3. The van der Waals surface area contributed by atoms with Crippen LogP contribution >= 0.6 is 0 Å². The van der Waals surface area contributed by atoms with Gasteiger partial charge in [0, 0.05) is 0 Å². The van der Waals surface area contributed by atoms with E-state index < -0.39 is 12.2 Å². The molecule has 4 heteroatoms. The Morgan fingerprint density at radius 3 is 2.93 bits per heavy atom. The number of terminal acetylenes is 1. The Hall–Kier alpha value is -1.21. The van der Waals surface area contributed by atoms with Gasteiger partial charge in [0.2, 0.25) is 0 Å². The first-order chi connectivity index (χ1) is 6.74. The highest BCUT2D eigenvalue weighted by atomic mass is 16.5. The summed E-state index contributed by atoms with van der Waals surface area (Å²) in [6.45, 7) is -0.0331. The first kappa shape index (κ1) is 10.9. The third kappa shape index (κ3) is 3.27. The molecule has 2 N–H and O–H groups in total. The van der Waals surface area contributed by atoms with Crippen LogP contribution in [0.4, 0.5) is 4.79 Å². The number of carbonyl (C=O) groups is 1. The highest BCUT2D eigenvalue weighted by Gasteiger charge is 2.24. The van der Waals surface area contributed by atoms with E-state index in [-0.39, 0.29) is 12.6 Å². The molecule has 0 spiro atoms. The lowest BCUT2D eigenvalue weighted by atomic mass is 9.93. The van der Waals surface area contributed by atoms with Crippen LogP contribution in [0.3, 0.4) is 0 Å². The molecule has 0 unspecified atom stereocenters. The zero-order chi connectivity index (χ0) is 10.4. The van der Waals surface area contributed by atoms with Crippen LogP contribution in [0.15, 0.2) is 0 Å². The number of aliphatic hydroxyl groups is 1. The van der Waals surface area contributed by atoms with Crippen molar-refractivity contribution in [3.8, 4) is 12.3 Å². The first-order valence-electron chi connectivity index (χ1n) is 4.79. The van der Waals surface area contributed by atoms with Crippen LogP contribution in [0.2, 0.25) is 0 Å². The Balaban J connectivity index is 2.28. The number of alkyl carbamates (subject to hydrolysis) is 1. The molecular weight excluding hydrogens is 182 g/mol. The molecule has 1 saturated carbocycles. The summed E-state index contributed by atoms with van der Waals surface area (Å²) in [4.78, 5) is 11.1. The molecule has 1 rings (SSSR count). The van der Waals surface area contributed by atoms with E-state index in [1.165, 1.54) is 0 Å². The molecule has 0 aliphatic heterocycles. The summed E-state index contributed by atoms with van der Waals surface area (Å²) < 4.78 is 4.64. The van der Waals surface area contributed by atoms with E-state index in [0.717, 1.165) is 25.7 Å². The number of amides is 1. The van der Waals surface area contributed by atoms with Crippen LogP contribution < -0.4 is 5.32 Å². The molecule has 0 bridgehead atoms. The van der Waals surface area contributed by atoms with Crippen molar-refractivity contribution in [3.05, 3.63) is 0 Å². The number of hydrogen-bond donors (Lipinski definition) is 2. The standard InChI is InChI=1S/C10H15NO3/c1-2-7-14-10(13)11-8-5-3-4-6-9(8)12/h1,8-9,12H,3-7H2,(H,11,13)/t8-,9-/m0/s1. The Bertz CT molecular complexity index is 234. The lowest BCUT2D eigenvalue weighted by molar-refractivity contribution is 0.0826. The van der Waals surface area contributed by atoms with E-state index in [2.05, 4.69) is 16.0 Å². The number of nitrogens with one attached hydrogen (secondary N) is 1. The number of hydrogen-bond acceptors (Lipinski definition) is 3. The van der Waals surface area contributed by atoms with Crippen molar-refractivity contribution in [1.29, 1.82) is 0 Å². The molecule has 1 aliphatic rings. The highest BCUT2D eigenvalue weighted by Crippen LogP contribution is 2.18. The van der Waals surface area contributed by atoms with Crippen molar-refractivity contribution in [2.75, 3.05) is 6.61 Å². The SMILES string of the molecule is C#CCOC(=O)N[C@H]1CCCC[C@@H]1O. The summed E-state index contributed by atoms with van der Waals surface area (Å²) in [5.74, 6) is 2.20. The normalized spacial score (nSPS) is 26.3. The van der Waals surface area contributed by atoms with E-state index in [4.69, 9.17) is 6.42 Å². The van der Waals surface area contributed by atoms with E-state index in [1.54, 1.807) is 0 Å². The number of aliphatic hydroxyl groups excluding tert-OH is 1. The number of rotatable bonds is 2. The fourth-order valence-corrected chi connectivity index (χ4v) is 1.58. The molecule has 1 fully saturated rings. The van der Waals surface area contributed by atoms with Crippen LogP contribution in [0.5, 0.6) is 0 Å². The van der Waals surface area contributed by atoms with E-state index in [1.807, 2.05) is 0 Å². The van der Waals surface area contributed by atoms with Gasteiger partial charge in [-0.3, -0.25) is 0 Å². The second-order valence-corrected chi connectivity index (χ2v) is 3.38. The van der Waals surface area contributed by atoms with Crippen LogP contribution in [-0.4, -0.2) is 30.0 Å². The average Bonchev–Trinajstić information content (AvgIpc) is 2.18. The highest BCUT2D eigenvalue weighted by molar-refractivity contribution is 5.67. The molecule has 1 aliphatic carbocycles. The van der Waals surface area contributed by atoms with Gasteiger partial charge >= 0.3 is 6.09 Å². The third-order valence-corrected chi connectivity index (χ3v) is 2.32. The summed E-state index contributed by atoms with van der Waals surface area (Å²) in [6, 6.07) is -0.186. The minimum absolute atomic E-state index is 0.0331. The summed E-state index contributed by atoms with van der Waals surface area (Å²) in [6.07, 6.45) is 7.50. The Labute approximate surface area is 83.6 Å². The summed E-state index contributed by atoms with van der Waals surface area (Å²) in [5, 5.41) is 12.1. The fourth-order valence-electron chi connectivity index (χ4n) is 1.58. The Morgan fingerprint density at radius 1 is 1.57 bits per heavy atom. The predicted molar refractivity (Wildman–Crippen MR) is 51.6 cm³/mol. The predicted octanol–water partition coefficient (Wildman–Crippen LogP) is 0.649. The minimum Gasteiger partial charge on any atom is -0.436 e. The van der Waals surface area contributed by atoms with E-state index in [9.17, 15) is 9.90 Å². The van der Waals surface area contributed by atoms with E-state index >= 15 is 0 Å². The smallest absolute Gasteiger partial charge is 0.408 e. The third-order valence-electron chi connectivity index (χ3n) is 2.32. The van der Waals surface area contributed by atoms with Crippen molar-refractivity contribution in [1.82, 2.24) is 5.32 Å². The van der Waals surface area contributed by atoms with Gasteiger partial charge in [-0.15, -0.1) is 6.42 Å². The summed E-state index contributed by atoms with van der Waals surface area (Å²) in [7, 11) is 0. The van der Waals surface area contributed by atoms with Crippen molar-refractivity contribution < 1.29 is 14.6 Å². The van der Waals surface area contributed by atoms with Crippen molar-refractivity contribution in [2.24, 2.45) is 0 Å². The molecule has 0 radical (unpaired) electrons. The monoisotopic (exact) mass is 197 g/mol. The molecule has 0 heterocycles. The van der Waals surface area contributed by atoms with Gasteiger partial charge < -0.3 is 15.2 Å². The van der Waals surface area contributed by atoms with Crippen molar-refractivity contribution in [2.45, 2.75) is 37.8 Å². The summed E-state index contributed by atoms with van der Waals surface area (Å²) >= 11 is 0. The lowest BCUT2D eigenvalue weighted by Crippen LogP contribution is -2.45. The van der Waals surface area contributed by atoms with Gasteiger partial charge in [0.05, 0.1) is 12.1 Å². The maximum atomic E-state index is 11.1. The maximum absolute atomic E-state index is 11.1. The quantitative estimate of drug-likeness (QED) is 0.639. The topological polar surface area (TPSA) is 58.6 Å². The van der Waals surface area contributed by atoms with Crippen LogP contribution in [-0.2, 0) is 4.74 Å². The summed E-state index contributed by atoms with van der Waals surface area (Å²) in [5.41, 5.74) is 0. The van der Waals surface area contributed by atoms with Crippen molar-refractivity contribution in [3.63, 3.8) is 0 Å². The fraction of sp³-hybridized carbons (Fsp3) is 0.700. The van der Waals surface area contributed by atoms with Gasteiger partial charge in [-0.05, 0) is 12.8 Å². The Morgan fingerprint density at radius 2 is 2.29 bits per heavy atom. The van der Waals surface area contributed by atoms with Crippen LogP contribution in [0, 0.1) is 12.3 Å². The second-order valence-electron chi connectivity index (χ2n) is 3.38. The van der Waals surface area contributed by atoms with Crippen LogP contribution in [0.25, 0.3) is 0 Å². The molecule has 14 heavy (non-hydrogen) atoms. The molecule has 0 saturated heterocycles. The van der Waals surface area contributed by atoms with Crippen molar-refractivity contribution >= 4 is 6.09 Å². The van der Waals surface area contributed by atoms with Gasteiger partial charge in [-0.25, -0.2) is 4.79 Å². The number of ether oxygens (including phenoxy) is 1. The first-order valence-corrected chi connectivity index (χ1v) is 4.79. The maximum Gasteiger partial charge on any atom is 0.408 e.